The Morgan fingerprint density at radius 2 is 1.69 bits per heavy atom. The zero-order valence-electron chi connectivity index (χ0n) is 19.8. The highest BCUT2D eigenvalue weighted by Gasteiger charge is 2.20. The lowest BCUT2D eigenvalue weighted by molar-refractivity contribution is 0.102. The number of rotatable bonds is 7. The number of nitrogens with one attached hydrogen (secondary N) is 2. The minimum Gasteiger partial charge on any atom is -0.505 e. The van der Waals surface area contributed by atoms with Crippen LogP contribution in [0.15, 0.2) is 87.9 Å². The second-order valence-corrected chi connectivity index (χ2v) is 9.74. The van der Waals surface area contributed by atoms with Crippen molar-refractivity contribution in [2.75, 3.05) is 19.5 Å². The average Bonchev–Trinajstić information content (AvgIpc) is 2.89. The van der Waals surface area contributed by atoms with E-state index in [0.29, 0.717) is 16.5 Å². The van der Waals surface area contributed by atoms with Crippen LogP contribution in [0.3, 0.4) is 0 Å². The maximum absolute atomic E-state index is 13.1. The van der Waals surface area contributed by atoms with E-state index in [4.69, 9.17) is 4.74 Å². The lowest BCUT2D eigenvalue weighted by Crippen LogP contribution is -2.18. The number of methoxy groups -OCH3 is 1. The number of anilines is 1. The molecule has 0 spiro atoms. The van der Waals surface area contributed by atoms with Crippen LogP contribution in [0.25, 0.3) is 10.8 Å². The van der Waals surface area contributed by atoms with Crippen molar-refractivity contribution < 1.29 is 23.1 Å². The number of aryl methyl sites for hydroxylation is 1. The second-order valence-electron chi connectivity index (χ2n) is 7.85. The Morgan fingerprint density at radius 1 is 0.972 bits per heavy atom. The smallest absolute Gasteiger partial charge is 0.259 e. The standard InChI is InChI=1S/C26H24N4O5S/c1-16-8-4-7-11-21(16)28-26(32)20-14-17-9-5-6-10-19(17)24(25(20)31)30-29-22-15-18(36(33,34)27-2)12-13-23(22)35-3/h4-15,27,31H,1-3H3,(H,28,32)/b30-29+. The first kappa shape index (κ1) is 24.8. The minimum atomic E-state index is -3.73. The lowest BCUT2D eigenvalue weighted by atomic mass is 10.0. The number of nitrogens with zero attached hydrogens (tertiary/aromatic N) is 2. The van der Waals surface area contributed by atoms with Crippen LogP contribution in [0.2, 0.25) is 0 Å². The third kappa shape index (κ3) is 4.90. The molecule has 3 N–H and O–H groups in total. The molecular formula is C26H24N4O5S. The number of phenolic OH excluding ortho intramolecular Hbond substituents is 1. The molecule has 1 amide bonds. The van der Waals surface area contributed by atoms with E-state index in [2.05, 4.69) is 20.3 Å². The Morgan fingerprint density at radius 3 is 2.42 bits per heavy atom. The molecule has 4 aromatic carbocycles. The molecule has 0 radical (unpaired) electrons. The predicted molar refractivity (Wildman–Crippen MR) is 138 cm³/mol. The fourth-order valence-corrected chi connectivity index (χ4v) is 4.38. The number of benzene rings is 4. The van der Waals surface area contributed by atoms with Gasteiger partial charge >= 0.3 is 0 Å². The Labute approximate surface area is 208 Å². The molecular weight excluding hydrogens is 480 g/mol. The van der Waals surface area contributed by atoms with E-state index in [1.165, 1.54) is 32.4 Å². The van der Waals surface area contributed by atoms with Crippen molar-refractivity contribution in [2.45, 2.75) is 11.8 Å². The molecule has 4 rings (SSSR count). The van der Waals surface area contributed by atoms with E-state index in [9.17, 15) is 18.3 Å². The summed E-state index contributed by atoms with van der Waals surface area (Å²) in [5, 5.41) is 23.5. The summed E-state index contributed by atoms with van der Waals surface area (Å²) in [6.07, 6.45) is 0. The van der Waals surface area contributed by atoms with Crippen molar-refractivity contribution in [3.05, 3.63) is 83.9 Å². The number of phenols is 1. The molecule has 9 nitrogen and oxygen atoms in total. The predicted octanol–water partition coefficient (Wildman–Crippen LogP) is 5.44. The number of azo groups is 1. The van der Waals surface area contributed by atoms with Crippen LogP contribution in [0, 0.1) is 6.92 Å². The molecule has 10 heteroatoms. The van der Waals surface area contributed by atoms with Crippen LogP contribution in [0.4, 0.5) is 17.1 Å². The highest BCUT2D eigenvalue weighted by atomic mass is 32.2. The van der Waals surface area contributed by atoms with Crippen LogP contribution in [0.1, 0.15) is 15.9 Å². The largest absolute Gasteiger partial charge is 0.505 e. The van der Waals surface area contributed by atoms with E-state index in [1.807, 2.05) is 19.1 Å². The van der Waals surface area contributed by atoms with Crippen molar-refractivity contribution in [3.63, 3.8) is 0 Å². The summed E-state index contributed by atoms with van der Waals surface area (Å²) >= 11 is 0. The number of sulfonamides is 1. The molecule has 4 aromatic rings. The molecule has 36 heavy (non-hydrogen) atoms. The summed E-state index contributed by atoms with van der Waals surface area (Å²) in [5.74, 6) is -0.587. The maximum atomic E-state index is 13.1. The van der Waals surface area contributed by atoms with Crippen molar-refractivity contribution in [1.29, 1.82) is 0 Å². The second kappa shape index (κ2) is 10.1. The van der Waals surface area contributed by atoms with E-state index in [-0.39, 0.29) is 33.3 Å². The third-order valence-corrected chi connectivity index (χ3v) is 7.03. The van der Waals surface area contributed by atoms with Gasteiger partial charge in [0.2, 0.25) is 10.0 Å². The first-order valence-corrected chi connectivity index (χ1v) is 12.4. The van der Waals surface area contributed by atoms with Crippen molar-refractivity contribution in [2.24, 2.45) is 10.2 Å². The van der Waals surface area contributed by atoms with Crippen LogP contribution in [-0.2, 0) is 10.0 Å². The zero-order chi connectivity index (χ0) is 25.9. The number of ether oxygens (including phenoxy) is 1. The molecule has 0 unspecified atom stereocenters. The number of amides is 1. The van der Waals surface area contributed by atoms with Gasteiger partial charge < -0.3 is 15.2 Å². The molecule has 0 aliphatic heterocycles. The lowest BCUT2D eigenvalue weighted by Gasteiger charge is -2.12. The fraction of sp³-hybridized carbons (Fsp3) is 0.115. The topological polar surface area (TPSA) is 129 Å². The number of carbonyl (C=O) groups excluding carboxylic acids is 1. The quantitative estimate of drug-likeness (QED) is 0.289. The van der Waals surface area contributed by atoms with Gasteiger partial charge in [-0.15, -0.1) is 10.2 Å². The SMILES string of the molecule is CNS(=O)(=O)c1ccc(OC)c(/N=N/c2c(O)c(C(=O)Nc3ccccc3C)cc3ccccc23)c1. The Balaban J connectivity index is 1.82. The number of aromatic hydroxyl groups is 1. The number of hydrogen-bond acceptors (Lipinski definition) is 7. The van der Waals surface area contributed by atoms with Gasteiger partial charge in [0.25, 0.3) is 5.91 Å². The van der Waals surface area contributed by atoms with Crippen molar-refractivity contribution in [1.82, 2.24) is 4.72 Å². The van der Waals surface area contributed by atoms with Crippen LogP contribution in [0.5, 0.6) is 11.5 Å². The summed E-state index contributed by atoms with van der Waals surface area (Å²) in [6, 6.07) is 20.1. The van der Waals surface area contributed by atoms with Crippen molar-refractivity contribution in [3.8, 4) is 11.5 Å². The van der Waals surface area contributed by atoms with Crippen LogP contribution < -0.4 is 14.8 Å². The van der Waals surface area contributed by atoms with Gasteiger partial charge in [0.15, 0.2) is 5.75 Å². The third-order valence-electron chi connectivity index (χ3n) is 5.62. The van der Waals surface area contributed by atoms with Gasteiger partial charge in [-0.05, 0) is 55.3 Å². The van der Waals surface area contributed by atoms with Gasteiger partial charge in [-0.3, -0.25) is 4.79 Å². The summed E-state index contributed by atoms with van der Waals surface area (Å²) in [5.41, 5.74) is 1.70. The molecule has 0 aliphatic rings. The summed E-state index contributed by atoms with van der Waals surface area (Å²) in [6.45, 7) is 1.87. The minimum absolute atomic E-state index is 0.0179. The highest BCUT2D eigenvalue weighted by Crippen LogP contribution is 2.41. The molecule has 0 aromatic heterocycles. The summed E-state index contributed by atoms with van der Waals surface area (Å²) in [4.78, 5) is 13.1. The van der Waals surface area contributed by atoms with Crippen LogP contribution in [-0.4, -0.2) is 33.6 Å². The van der Waals surface area contributed by atoms with Gasteiger partial charge in [-0.25, -0.2) is 13.1 Å². The van der Waals surface area contributed by atoms with E-state index < -0.39 is 15.9 Å². The molecule has 184 valence electrons. The summed E-state index contributed by atoms with van der Waals surface area (Å²) in [7, 11) is -1.01. The van der Waals surface area contributed by atoms with Crippen molar-refractivity contribution >= 4 is 43.8 Å². The Bertz CT molecular complexity index is 1600. The number of hydrogen-bond donors (Lipinski definition) is 3. The van der Waals surface area contributed by atoms with Crippen LogP contribution >= 0.6 is 0 Å². The zero-order valence-corrected chi connectivity index (χ0v) is 20.6. The first-order chi connectivity index (χ1) is 17.2. The molecule has 0 atom stereocenters. The molecule has 0 saturated carbocycles. The molecule has 0 heterocycles. The molecule has 0 bridgehead atoms. The molecule has 0 saturated heterocycles. The first-order valence-electron chi connectivity index (χ1n) is 10.9. The Kier molecular flexibility index (Phi) is 7.00. The average molecular weight is 505 g/mol. The molecule has 0 fully saturated rings. The van der Waals surface area contributed by atoms with Gasteiger partial charge in [-0.1, -0.05) is 42.5 Å². The van der Waals surface area contributed by atoms with Gasteiger partial charge in [-0.2, -0.15) is 0 Å². The van der Waals surface area contributed by atoms with Gasteiger partial charge in [0.05, 0.1) is 17.6 Å². The molecule has 0 aliphatic carbocycles. The Hall–Kier alpha value is -4.28. The number of carbonyl (C=O) groups is 1. The number of para-hydroxylation sites is 1. The normalized spacial score (nSPS) is 11.6. The van der Waals surface area contributed by atoms with E-state index >= 15 is 0 Å². The van der Waals surface area contributed by atoms with Gasteiger partial charge in [0.1, 0.15) is 17.1 Å². The number of fused-ring (bicyclic) bond motifs is 1. The highest BCUT2D eigenvalue weighted by molar-refractivity contribution is 7.89. The monoisotopic (exact) mass is 504 g/mol. The maximum Gasteiger partial charge on any atom is 0.259 e. The fourth-order valence-electron chi connectivity index (χ4n) is 3.63. The summed E-state index contributed by atoms with van der Waals surface area (Å²) < 4.78 is 32.0. The van der Waals surface area contributed by atoms with Gasteiger partial charge in [0, 0.05) is 11.1 Å². The van der Waals surface area contributed by atoms with E-state index in [0.717, 1.165) is 5.56 Å². The van der Waals surface area contributed by atoms with E-state index in [1.54, 1.807) is 42.5 Å².